The molecule has 0 fully saturated rings. The van der Waals surface area contributed by atoms with E-state index in [1.54, 1.807) is 41.1 Å². The van der Waals surface area contributed by atoms with Gasteiger partial charge in [-0.2, -0.15) is 5.10 Å². The molecule has 4 rings (SSSR count). The van der Waals surface area contributed by atoms with Gasteiger partial charge in [-0.1, -0.05) is 41.4 Å². The van der Waals surface area contributed by atoms with Crippen molar-refractivity contribution in [1.82, 2.24) is 9.78 Å². The van der Waals surface area contributed by atoms with E-state index < -0.39 is 0 Å². The number of halogens is 3. The number of benzene rings is 2. The number of rotatable bonds is 2. The molecule has 0 spiro atoms. The molecule has 0 aliphatic carbocycles. The number of aromatic nitrogens is 2. The van der Waals surface area contributed by atoms with Crippen molar-refractivity contribution < 1.29 is 4.39 Å². The number of hydrogen-bond acceptors (Lipinski definition) is 2. The zero-order valence-corrected chi connectivity index (χ0v) is 13.5. The molecule has 1 aliphatic heterocycles. The summed E-state index contributed by atoms with van der Waals surface area (Å²) in [5.74, 6) is 0.462. The zero-order chi connectivity index (χ0) is 16.0. The first-order valence-electron chi connectivity index (χ1n) is 7.22. The minimum atomic E-state index is -0.330. The lowest BCUT2D eigenvalue weighted by Crippen LogP contribution is -2.06. The van der Waals surface area contributed by atoms with Gasteiger partial charge in [0.1, 0.15) is 23.0 Å². The topological polar surface area (TPSA) is 29.9 Å². The van der Waals surface area contributed by atoms with Gasteiger partial charge in [-0.25, -0.2) is 9.07 Å². The van der Waals surface area contributed by atoms with Crippen LogP contribution >= 0.6 is 23.2 Å². The van der Waals surface area contributed by atoms with Crippen LogP contribution in [0.25, 0.3) is 16.9 Å². The highest BCUT2D eigenvalue weighted by Crippen LogP contribution is 2.40. The third-order valence-electron chi connectivity index (χ3n) is 3.93. The molecule has 1 N–H and O–H groups in total. The Bertz CT molecular complexity index is 885. The monoisotopic (exact) mass is 347 g/mol. The van der Waals surface area contributed by atoms with Crippen LogP contribution in [-0.2, 0) is 6.42 Å². The fourth-order valence-electron chi connectivity index (χ4n) is 2.90. The van der Waals surface area contributed by atoms with Crippen LogP contribution in [0.2, 0.25) is 10.0 Å². The van der Waals surface area contributed by atoms with E-state index in [0.717, 1.165) is 24.3 Å². The zero-order valence-electron chi connectivity index (χ0n) is 12.0. The highest BCUT2D eigenvalue weighted by Gasteiger charge is 2.27. The van der Waals surface area contributed by atoms with Gasteiger partial charge >= 0.3 is 0 Å². The van der Waals surface area contributed by atoms with Crippen LogP contribution in [0.5, 0.6) is 0 Å². The van der Waals surface area contributed by atoms with Gasteiger partial charge in [-0.3, -0.25) is 0 Å². The highest BCUT2D eigenvalue weighted by molar-refractivity contribution is 6.39. The summed E-state index contributed by atoms with van der Waals surface area (Å²) in [7, 11) is 0. The smallest absolute Gasteiger partial charge is 0.148 e. The molecule has 116 valence electrons. The number of anilines is 1. The molecule has 1 aromatic heterocycles. The first-order valence-corrected chi connectivity index (χ1v) is 7.97. The van der Waals surface area contributed by atoms with Crippen molar-refractivity contribution in [2.24, 2.45) is 0 Å². The van der Waals surface area contributed by atoms with Gasteiger partial charge in [0.15, 0.2) is 0 Å². The predicted molar refractivity (Wildman–Crippen MR) is 91.2 cm³/mol. The number of hydrogen-bond donors (Lipinski definition) is 1. The maximum atomic E-state index is 14.2. The minimum Gasteiger partial charge on any atom is -0.369 e. The summed E-state index contributed by atoms with van der Waals surface area (Å²) >= 11 is 12.6. The molecule has 0 unspecified atom stereocenters. The molecule has 0 radical (unpaired) electrons. The van der Waals surface area contributed by atoms with Crippen molar-refractivity contribution in [3.8, 4) is 16.9 Å². The Morgan fingerprint density at radius 2 is 1.78 bits per heavy atom. The molecule has 3 aromatic rings. The summed E-state index contributed by atoms with van der Waals surface area (Å²) in [4.78, 5) is 0. The summed E-state index contributed by atoms with van der Waals surface area (Å²) in [5.41, 5.74) is 2.78. The van der Waals surface area contributed by atoms with E-state index in [1.165, 1.54) is 6.07 Å². The molecule has 0 atom stereocenters. The van der Waals surface area contributed by atoms with Crippen LogP contribution in [0.3, 0.4) is 0 Å². The Morgan fingerprint density at radius 1 is 1.04 bits per heavy atom. The third-order valence-corrected chi connectivity index (χ3v) is 4.56. The van der Waals surface area contributed by atoms with Gasteiger partial charge in [0.25, 0.3) is 0 Å². The van der Waals surface area contributed by atoms with E-state index in [1.807, 2.05) is 0 Å². The second kappa shape index (κ2) is 5.55. The fourth-order valence-corrected chi connectivity index (χ4v) is 3.47. The molecule has 1 aliphatic rings. The van der Waals surface area contributed by atoms with Gasteiger partial charge in [-0.05, 0) is 30.7 Å². The molecular formula is C17H12Cl2FN3. The Balaban J connectivity index is 1.98. The number of para-hydroxylation sites is 1. The highest BCUT2D eigenvalue weighted by atomic mass is 35.5. The van der Waals surface area contributed by atoms with Crippen molar-refractivity contribution in [3.63, 3.8) is 0 Å². The molecule has 23 heavy (non-hydrogen) atoms. The van der Waals surface area contributed by atoms with Crippen LogP contribution in [0.1, 0.15) is 5.56 Å². The van der Waals surface area contributed by atoms with Crippen molar-refractivity contribution >= 4 is 29.0 Å². The Kier molecular flexibility index (Phi) is 3.51. The average Bonchev–Trinajstić information content (AvgIpc) is 3.11. The lowest BCUT2D eigenvalue weighted by molar-refractivity contribution is 0.612. The standard InChI is InChI=1S/C17H12Cl2FN3/c18-11-4-3-5-12(19)15(11)16-10-8-9-21-17(10)23(22-16)14-7-2-1-6-13(14)20/h1-7,21H,8-9H2. The lowest BCUT2D eigenvalue weighted by atomic mass is 10.1. The normalized spacial score (nSPS) is 13.0. The molecule has 2 heterocycles. The van der Waals surface area contributed by atoms with E-state index in [2.05, 4.69) is 10.4 Å². The van der Waals surface area contributed by atoms with Crippen LogP contribution in [0, 0.1) is 5.82 Å². The number of fused-ring (bicyclic) bond motifs is 1. The Hall–Kier alpha value is -2.04. The van der Waals surface area contributed by atoms with Crippen molar-refractivity contribution in [2.45, 2.75) is 6.42 Å². The van der Waals surface area contributed by atoms with Gasteiger partial charge in [0, 0.05) is 17.7 Å². The summed E-state index contributed by atoms with van der Waals surface area (Å²) in [6.45, 7) is 0.775. The quantitative estimate of drug-likeness (QED) is 0.710. The summed E-state index contributed by atoms with van der Waals surface area (Å²) in [5, 5.41) is 8.94. The fraction of sp³-hybridized carbons (Fsp3) is 0.118. The van der Waals surface area contributed by atoms with Gasteiger partial charge in [0.05, 0.1) is 10.0 Å². The number of nitrogens with zero attached hydrogens (tertiary/aromatic N) is 2. The van der Waals surface area contributed by atoms with Crippen molar-refractivity contribution in [1.29, 1.82) is 0 Å². The van der Waals surface area contributed by atoms with E-state index in [9.17, 15) is 4.39 Å². The van der Waals surface area contributed by atoms with Crippen LogP contribution in [0.15, 0.2) is 42.5 Å². The average molecular weight is 348 g/mol. The molecular weight excluding hydrogens is 336 g/mol. The van der Waals surface area contributed by atoms with Crippen LogP contribution in [-0.4, -0.2) is 16.3 Å². The summed E-state index contributed by atoms with van der Waals surface area (Å²) in [6, 6.07) is 11.9. The second-order valence-electron chi connectivity index (χ2n) is 5.31. The Labute approximate surface area is 142 Å². The van der Waals surface area contributed by atoms with E-state index in [0.29, 0.717) is 27.0 Å². The van der Waals surface area contributed by atoms with Crippen LogP contribution in [0.4, 0.5) is 10.2 Å². The van der Waals surface area contributed by atoms with E-state index >= 15 is 0 Å². The molecule has 0 saturated heterocycles. The minimum absolute atomic E-state index is 0.330. The first kappa shape index (κ1) is 14.5. The van der Waals surface area contributed by atoms with Crippen molar-refractivity contribution in [3.05, 3.63) is 63.9 Å². The lowest BCUT2D eigenvalue weighted by Gasteiger charge is -2.07. The van der Waals surface area contributed by atoms with Crippen molar-refractivity contribution in [2.75, 3.05) is 11.9 Å². The molecule has 6 heteroatoms. The largest absolute Gasteiger partial charge is 0.369 e. The molecule has 2 aromatic carbocycles. The molecule has 0 bridgehead atoms. The number of nitrogens with one attached hydrogen (secondary N) is 1. The van der Waals surface area contributed by atoms with Gasteiger partial charge in [0.2, 0.25) is 0 Å². The maximum Gasteiger partial charge on any atom is 0.148 e. The molecule has 3 nitrogen and oxygen atoms in total. The summed E-state index contributed by atoms with van der Waals surface area (Å²) < 4.78 is 15.8. The van der Waals surface area contributed by atoms with E-state index in [-0.39, 0.29) is 5.82 Å². The van der Waals surface area contributed by atoms with Gasteiger partial charge < -0.3 is 5.32 Å². The van der Waals surface area contributed by atoms with Crippen LogP contribution < -0.4 is 5.32 Å². The van der Waals surface area contributed by atoms with Gasteiger partial charge in [-0.15, -0.1) is 0 Å². The predicted octanol–water partition coefficient (Wildman–Crippen LogP) is 4.95. The SMILES string of the molecule is Fc1ccccc1-n1nc(-c2c(Cl)cccc2Cl)c2c1NCC2. The third kappa shape index (κ3) is 2.30. The maximum absolute atomic E-state index is 14.2. The summed E-state index contributed by atoms with van der Waals surface area (Å²) in [6.07, 6.45) is 0.792. The Morgan fingerprint density at radius 3 is 2.52 bits per heavy atom. The first-order chi connectivity index (χ1) is 11.2. The molecule has 0 amide bonds. The second-order valence-corrected chi connectivity index (χ2v) is 6.13. The molecule has 0 saturated carbocycles. The van der Waals surface area contributed by atoms with E-state index in [4.69, 9.17) is 23.2 Å².